The maximum Gasteiger partial charge on any atom is 0.137 e. The molecule has 17 heavy (non-hydrogen) atoms. The lowest BCUT2D eigenvalue weighted by molar-refractivity contribution is 0.161. The smallest absolute Gasteiger partial charge is 0.137 e. The molecular formula is C12H15BrFNO2. The fraction of sp³-hybridized carbons (Fsp3) is 0.500. The Morgan fingerprint density at radius 3 is 2.82 bits per heavy atom. The quantitative estimate of drug-likeness (QED) is 0.776. The Morgan fingerprint density at radius 1 is 1.53 bits per heavy atom. The molecule has 0 aliphatic heterocycles. The van der Waals surface area contributed by atoms with Gasteiger partial charge in [-0.25, -0.2) is 4.39 Å². The van der Waals surface area contributed by atoms with Gasteiger partial charge in [-0.1, -0.05) is 6.07 Å². The summed E-state index contributed by atoms with van der Waals surface area (Å²) in [6.07, 6.45) is 0.346. The molecule has 0 heterocycles. The minimum atomic E-state index is -0.787. The van der Waals surface area contributed by atoms with Crippen molar-refractivity contribution < 1.29 is 14.6 Å². The molecule has 0 bridgehead atoms. The molecule has 0 spiro atoms. The van der Waals surface area contributed by atoms with Gasteiger partial charge in [-0.2, -0.15) is 0 Å². The van der Waals surface area contributed by atoms with Crippen LogP contribution in [-0.2, 0) is 5.54 Å². The van der Waals surface area contributed by atoms with E-state index in [1.807, 2.05) is 0 Å². The molecule has 5 heteroatoms. The molecule has 1 aromatic rings. The van der Waals surface area contributed by atoms with E-state index >= 15 is 0 Å². The average molecular weight is 304 g/mol. The predicted octanol–water partition coefficient (Wildman–Crippen LogP) is 1.51. The lowest BCUT2D eigenvalue weighted by Gasteiger charge is -2.31. The van der Waals surface area contributed by atoms with Gasteiger partial charge in [0.1, 0.15) is 5.82 Å². The number of hydrogen-bond acceptors (Lipinski definition) is 3. The summed E-state index contributed by atoms with van der Waals surface area (Å²) in [4.78, 5) is 0. The predicted molar refractivity (Wildman–Crippen MR) is 65.8 cm³/mol. The van der Waals surface area contributed by atoms with Gasteiger partial charge in [-0.05, 0) is 46.5 Å². The van der Waals surface area contributed by atoms with E-state index in [-0.39, 0.29) is 18.3 Å². The van der Waals surface area contributed by atoms with Gasteiger partial charge in [-0.3, -0.25) is 0 Å². The summed E-state index contributed by atoms with van der Waals surface area (Å²) in [5, 5.41) is 19.0. The van der Waals surface area contributed by atoms with Gasteiger partial charge in [0.2, 0.25) is 0 Å². The first-order chi connectivity index (χ1) is 7.97. The summed E-state index contributed by atoms with van der Waals surface area (Å²) >= 11 is 3.12. The molecule has 0 saturated heterocycles. The van der Waals surface area contributed by atoms with E-state index < -0.39 is 11.6 Å². The third-order valence-electron chi connectivity index (χ3n) is 3.54. The number of aliphatic hydroxyl groups excluding tert-OH is 2. The van der Waals surface area contributed by atoms with Gasteiger partial charge in [0.15, 0.2) is 0 Å². The molecule has 3 unspecified atom stereocenters. The zero-order valence-corrected chi connectivity index (χ0v) is 10.8. The first-order valence-electron chi connectivity index (χ1n) is 5.50. The number of nitrogens with two attached hydrogens (primary N) is 1. The molecule has 1 aliphatic carbocycles. The molecule has 1 fully saturated rings. The largest absolute Gasteiger partial charge is 0.396 e. The van der Waals surface area contributed by atoms with Crippen molar-refractivity contribution in [1.82, 2.24) is 0 Å². The highest BCUT2D eigenvalue weighted by atomic mass is 79.9. The molecule has 0 amide bonds. The summed E-state index contributed by atoms with van der Waals surface area (Å²) in [5.41, 5.74) is 6.23. The lowest BCUT2D eigenvalue weighted by atomic mass is 9.82. The van der Waals surface area contributed by atoms with Crippen LogP contribution >= 0.6 is 15.9 Å². The topological polar surface area (TPSA) is 66.5 Å². The third kappa shape index (κ3) is 2.25. The summed E-state index contributed by atoms with van der Waals surface area (Å²) in [6, 6.07) is 4.57. The van der Waals surface area contributed by atoms with Crippen LogP contribution in [0, 0.1) is 11.7 Å². The second-order valence-corrected chi connectivity index (χ2v) is 5.50. The molecule has 94 valence electrons. The Bertz CT molecular complexity index is 429. The highest BCUT2D eigenvalue weighted by Gasteiger charge is 2.45. The Kier molecular flexibility index (Phi) is 3.54. The lowest BCUT2D eigenvalue weighted by Crippen LogP contribution is -2.42. The van der Waals surface area contributed by atoms with E-state index in [0.29, 0.717) is 17.3 Å². The SMILES string of the molecule is NC1(c2ccc(F)c(Br)c2)CC(O)CC1CO. The Hall–Kier alpha value is -0.490. The number of rotatable bonds is 2. The maximum atomic E-state index is 13.2. The highest BCUT2D eigenvalue weighted by molar-refractivity contribution is 9.10. The van der Waals surface area contributed by atoms with E-state index in [0.717, 1.165) is 5.56 Å². The van der Waals surface area contributed by atoms with Crippen molar-refractivity contribution >= 4 is 15.9 Å². The Balaban J connectivity index is 2.39. The van der Waals surface area contributed by atoms with Gasteiger partial charge in [0.25, 0.3) is 0 Å². The first kappa shape index (κ1) is 13.0. The highest BCUT2D eigenvalue weighted by Crippen LogP contribution is 2.42. The minimum absolute atomic E-state index is 0.0808. The van der Waals surface area contributed by atoms with Crippen molar-refractivity contribution in [2.45, 2.75) is 24.5 Å². The van der Waals surface area contributed by atoms with Crippen LogP contribution in [0.15, 0.2) is 22.7 Å². The van der Waals surface area contributed by atoms with Crippen LogP contribution in [0.3, 0.4) is 0 Å². The van der Waals surface area contributed by atoms with Crippen LogP contribution in [0.2, 0.25) is 0 Å². The van der Waals surface area contributed by atoms with Crippen LogP contribution in [0.5, 0.6) is 0 Å². The third-order valence-corrected chi connectivity index (χ3v) is 4.14. The van der Waals surface area contributed by atoms with Crippen molar-refractivity contribution in [1.29, 1.82) is 0 Å². The molecule has 3 atom stereocenters. The van der Waals surface area contributed by atoms with Crippen molar-refractivity contribution in [2.24, 2.45) is 11.7 Å². The summed E-state index contributed by atoms with van der Waals surface area (Å²) in [5.74, 6) is -0.550. The average Bonchev–Trinajstić information content (AvgIpc) is 2.58. The zero-order valence-electron chi connectivity index (χ0n) is 9.24. The first-order valence-corrected chi connectivity index (χ1v) is 6.30. The molecule has 4 N–H and O–H groups in total. The standard InChI is InChI=1S/C12H15BrFNO2/c13-10-4-7(1-2-11(10)14)12(15)5-9(17)3-8(12)6-16/h1-2,4,8-9,16-17H,3,5-6,15H2. The monoisotopic (exact) mass is 303 g/mol. The Morgan fingerprint density at radius 2 is 2.24 bits per heavy atom. The van der Waals surface area contributed by atoms with Crippen LogP contribution in [0.1, 0.15) is 18.4 Å². The van der Waals surface area contributed by atoms with Crippen molar-refractivity contribution in [3.8, 4) is 0 Å². The molecule has 3 nitrogen and oxygen atoms in total. The molecule has 0 aromatic heterocycles. The molecule has 1 aliphatic rings. The maximum absolute atomic E-state index is 13.2. The van der Waals surface area contributed by atoms with Crippen molar-refractivity contribution in [2.75, 3.05) is 6.61 Å². The normalized spacial score (nSPS) is 33.0. The number of benzene rings is 1. The van der Waals surface area contributed by atoms with Gasteiger partial charge >= 0.3 is 0 Å². The second kappa shape index (κ2) is 4.65. The van der Waals surface area contributed by atoms with Crippen molar-refractivity contribution in [3.63, 3.8) is 0 Å². The summed E-state index contributed by atoms with van der Waals surface area (Å²) in [7, 11) is 0. The summed E-state index contributed by atoms with van der Waals surface area (Å²) < 4.78 is 13.5. The minimum Gasteiger partial charge on any atom is -0.396 e. The van der Waals surface area contributed by atoms with E-state index in [4.69, 9.17) is 5.73 Å². The van der Waals surface area contributed by atoms with E-state index in [1.165, 1.54) is 6.07 Å². The molecular weight excluding hydrogens is 289 g/mol. The zero-order chi connectivity index (χ0) is 12.6. The number of halogens is 2. The van der Waals surface area contributed by atoms with Gasteiger partial charge in [0.05, 0.1) is 10.6 Å². The van der Waals surface area contributed by atoms with Gasteiger partial charge < -0.3 is 15.9 Å². The Labute approximate surface area is 108 Å². The van der Waals surface area contributed by atoms with Gasteiger partial charge in [0, 0.05) is 18.1 Å². The molecule has 2 rings (SSSR count). The van der Waals surface area contributed by atoms with Crippen LogP contribution in [-0.4, -0.2) is 22.9 Å². The number of aliphatic hydroxyl groups is 2. The van der Waals surface area contributed by atoms with Crippen LogP contribution in [0.4, 0.5) is 4.39 Å². The van der Waals surface area contributed by atoms with Crippen molar-refractivity contribution in [3.05, 3.63) is 34.1 Å². The second-order valence-electron chi connectivity index (χ2n) is 4.64. The fourth-order valence-corrected chi connectivity index (χ4v) is 2.93. The molecule has 1 aromatic carbocycles. The van der Waals surface area contributed by atoms with Crippen LogP contribution in [0.25, 0.3) is 0 Å². The fourth-order valence-electron chi connectivity index (χ4n) is 2.56. The van der Waals surface area contributed by atoms with E-state index in [9.17, 15) is 14.6 Å². The number of hydrogen-bond donors (Lipinski definition) is 3. The van der Waals surface area contributed by atoms with Gasteiger partial charge in [-0.15, -0.1) is 0 Å². The van der Waals surface area contributed by atoms with E-state index in [1.54, 1.807) is 12.1 Å². The molecule has 0 radical (unpaired) electrons. The van der Waals surface area contributed by atoms with Crippen LogP contribution < -0.4 is 5.73 Å². The summed E-state index contributed by atoms with van der Waals surface area (Å²) in [6.45, 7) is -0.0808. The van der Waals surface area contributed by atoms with E-state index in [2.05, 4.69) is 15.9 Å². The molecule has 1 saturated carbocycles.